The second kappa shape index (κ2) is 9.69. The number of nitrogens with zero attached hydrogens (tertiary/aromatic N) is 5. The van der Waals surface area contributed by atoms with Crippen molar-refractivity contribution in [1.29, 1.82) is 5.26 Å². The number of ether oxygens (including phenoxy) is 1. The third-order valence-electron chi connectivity index (χ3n) is 5.74. The number of anilines is 3. The molecule has 0 radical (unpaired) electrons. The van der Waals surface area contributed by atoms with Crippen molar-refractivity contribution in [2.24, 2.45) is 5.92 Å². The third kappa shape index (κ3) is 4.70. The van der Waals surface area contributed by atoms with Crippen molar-refractivity contribution in [3.63, 3.8) is 0 Å². The van der Waals surface area contributed by atoms with Gasteiger partial charge in [-0.15, -0.1) is 0 Å². The highest BCUT2D eigenvalue weighted by molar-refractivity contribution is 7.41. The molecule has 2 saturated heterocycles. The van der Waals surface area contributed by atoms with Crippen LogP contribution >= 0.6 is 8.60 Å². The second-order valence-corrected chi connectivity index (χ2v) is 9.08. The molecule has 3 N–H and O–H groups in total. The fraction of sp³-hybridized carbons (Fsp3) is 0.500. The molecule has 2 aromatic rings. The second-order valence-electron chi connectivity index (χ2n) is 8.01. The highest BCUT2D eigenvalue weighted by atomic mass is 31.2. The molecule has 0 spiro atoms. The average molecular weight is 473 g/mol. The number of aromatic nitrogens is 3. The van der Waals surface area contributed by atoms with E-state index in [0.29, 0.717) is 37.8 Å². The molecule has 0 bridgehead atoms. The van der Waals surface area contributed by atoms with Crippen LogP contribution in [0.15, 0.2) is 24.7 Å². The molecule has 5 unspecified atom stereocenters. The molecule has 0 aromatic carbocycles. The standard InChI is InChI=1S/C20H24N7O5P/c1-12-6-15(30-20(12)27-11-26-17-18(22)24-10-25-19(17)27)9-29-33-31-16(4-5-28-32-33)13-2-3-14(7-21)23-8-13/h2-3,8,10,12,15-16,20,26H,4-6,9,11H2,1H3,(H2,22,24,25). The first kappa shape index (κ1) is 22.2. The summed E-state index contributed by atoms with van der Waals surface area (Å²) < 4.78 is 23.5. The first-order valence-electron chi connectivity index (χ1n) is 10.6. The summed E-state index contributed by atoms with van der Waals surface area (Å²) in [6.45, 7) is 3.34. The largest absolute Gasteiger partial charge is 0.382 e. The Morgan fingerprint density at radius 2 is 2.27 bits per heavy atom. The fourth-order valence-corrected chi connectivity index (χ4v) is 5.15. The smallest absolute Gasteiger partial charge is 0.363 e. The number of fused-ring (bicyclic) bond motifs is 1. The Kier molecular flexibility index (Phi) is 6.50. The molecule has 5 atom stereocenters. The van der Waals surface area contributed by atoms with Gasteiger partial charge >= 0.3 is 8.60 Å². The molecule has 174 valence electrons. The maximum atomic E-state index is 8.94. The maximum Gasteiger partial charge on any atom is 0.363 e. The normalized spacial score (nSPS) is 29.2. The number of nitrogen functional groups attached to an aromatic ring is 1. The molecule has 5 rings (SSSR count). The number of nitrogens with one attached hydrogen (secondary N) is 1. The van der Waals surface area contributed by atoms with E-state index < -0.39 is 8.60 Å². The molecule has 33 heavy (non-hydrogen) atoms. The lowest BCUT2D eigenvalue weighted by Crippen LogP contribution is -2.39. The molecule has 2 fully saturated rings. The van der Waals surface area contributed by atoms with E-state index in [4.69, 9.17) is 34.3 Å². The van der Waals surface area contributed by atoms with Crippen LogP contribution < -0.4 is 16.0 Å². The van der Waals surface area contributed by atoms with E-state index in [-0.39, 0.29) is 24.4 Å². The molecule has 12 nitrogen and oxygen atoms in total. The number of hydrogen-bond donors (Lipinski definition) is 2. The summed E-state index contributed by atoms with van der Waals surface area (Å²) in [6, 6.07) is 5.49. The fourth-order valence-electron chi connectivity index (χ4n) is 4.13. The number of nitrogens with two attached hydrogens (primary N) is 1. The van der Waals surface area contributed by atoms with Gasteiger partial charge in [-0.2, -0.15) is 9.94 Å². The Bertz CT molecular complexity index is 1020. The summed E-state index contributed by atoms with van der Waals surface area (Å²) >= 11 is 0. The van der Waals surface area contributed by atoms with Crippen LogP contribution in [0.25, 0.3) is 0 Å². The van der Waals surface area contributed by atoms with Crippen LogP contribution in [0, 0.1) is 17.2 Å². The highest BCUT2D eigenvalue weighted by Crippen LogP contribution is 2.48. The molecule has 3 aliphatic rings. The van der Waals surface area contributed by atoms with Crippen molar-refractivity contribution < 1.29 is 23.3 Å². The first-order valence-corrected chi connectivity index (χ1v) is 11.7. The van der Waals surface area contributed by atoms with Crippen LogP contribution in [0.3, 0.4) is 0 Å². The predicted octanol–water partition coefficient (Wildman–Crippen LogP) is 2.62. The number of hydrogen-bond acceptors (Lipinski definition) is 12. The Balaban J connectivity index is 1.18. The molecule has 0 aliphatic carbocycles. The van der Waals surface area contributed by atoms with E-state index in [1.807, 2.05) is 12.1 Å². The van der Waals surface area contributed by atoms with Gasteiger partial charge in [0.1, 0.15) is 30.0 Å². The van der Waals surface area contributed by atoms with Gasteiger partial charge in [0, 0.05) is 18.5 Å². The van der Waals surface area contributed by atoms with Crippen LogP contribution in [0.4, 0.5) is 17.3 Å². The van der Waals surface area contributed by atoms with Gasteiger partial charge in [0.2, 0.25) is 0 Å². The van der Waals surface area contributed by atoms with Crippen molar-refractivity contribution in [3.8, 4) is 6.07 Å². The molecule has 3 aliphatic heterocycles. The van der Waals surface area contributed by atoms with E-state index in [1.165, 1.54) is 6.33 Å². The number of pyridine rings is 1. The lowest BCUT2D eigenvalue weighted by Gasteiger charge is -2.27. The minimum atomic E-state index is -1.73. The summed E-state index contributed by atoms with van der Waals surface area (Å²) in [5.74, 6) is 1.42. The maximum absolute atomic E-state index is 8.94. The Hall–Kier alpha value is -2.65. The van der Waals surface area contributed by atoms with Crippen LogP contribution in [0.1, 0.15) is 37.1 Å². The van der Waals surface area contributed by atoms with Crippen molar-refractivity contribution in [2.75, 3.05) is 35.8 Å². The first-order chi connectivity index (χ1) is 16.1. The summed E-state index contributed by atoms with van der Waals surface area (Å²) in [5.41, 5.74) is 7.87. The summed E-state index contributed by atoms with van der Waals surface area (Å²) in [5, 5.41) is 12.2. The van der Waals surface area contributed by atoms with Gasteiger partial charge in [-0.05, 0) is 18.1 Å². The SMILES string of the molecule is CC1CC(COP2OOCCC(c3ccc(C#N)nc3)O2)OC1N1CNc2c(N)ncnc21. The summed E-state index contributed by atoms with van der Waals surface area (Å²) in [4.78, 5) is 19.8. The van der Waals surface area contributed by atoms with Crippen molar-refractivity contribution >= 4 is 25.9 Å². The van der Waals surface area contributed by atoms with E-state index in [1.54, 1.807) is 12.3 Å². The van der Waals surface area contributed by atoms with Gasteiger partial charge < -0.3 is 29.7 Å². The zero-order valence-corrected chi connectivity index (χ0v) is 18.9. The van der Waals surface area contributed by atoms with Gasteiger partial charge in [0.25, 0.3) is 0 Å². The number of nitriles is 1. The van der Waals surface area contributed by atoms with Gasteiger partial charge in [-0.25, -0.2) is 19.8 Å². The lowest BCUT2D eigenvalue weighted by molar-refractivity contribution is -0.208. The topological polar surface area (TPSA) is 150 Å². The Morgan fingerprint density at radius 3 is 3.09 bits per heavy atom. The molecular formula is C20H24N7O5P. The Labute approximate surface area is 191 Å². The van der Waals surface area contributed by atoms with Gasteiger partial charge in [-0.3, -0.25) is 0 Å². The van der Waals surface area contributed by atoms with Crippen molar-refractivity contribution in [2.45, 2.75) is 38.2 Å². The summed E-state index contributed by atoms with van der Waals surface area (Å²) in [7, 11) is -1.73. The van der Waals surface area contributed by atoms with E-state index in [2.05, 4.69) is 32.1 Å². The molecule has 2 aromatic heterocycles. The van der Waals surface area contributed by atoms with Crippen LogP contribution in [-0.4, -0.2) is 47.2 Å². The van der Waals surface area contributed by atoms with Gasteiger partial charge in [-0.1, -0.05) is 13.0 Å². The molecule has 5 heterocycles. The van der Waals surface area contributed by atoms with Crippen LogP contribution in [-0.2, 0) is 23.3 Å². The monoisotopic (exact) mass is 473 g/mol. The quantitative estimate of drug-likeness (QED) is 0.485. The Morgan fingerprint density at radius 1 is 1.36 bits per heavy atom. The molecule has 0 saturated carbocycles. The van der Waals surface area contributed by atoms with Crippen LogP contribution in [0.2, 0.25) is 0 Å². The molecule has 13 heteroatoms. The van der Waals surface area contributed by atoms with E-state index >= 15 is 0 Å². The van der Waals surface area contributed by atoms with Crippen molar-refractivity contribution in [3.05, 3.63) is 35.9 Å². The molecular weight excluding hydrogens is 449 g/mol. The predicted molar refractivity (Wildman–Crippen MR) is 117 cm³/mol. The van der Waals surface area contributed by atoms with E-state index in [9.17, 15) is 0 Å². The average Bonchev–Trinajstić information content (AvgIpc) is 3.34. The number of rotatable bonds is 5. The van der Waals surface area contributed by atoms with Gasteiger partial charge in [0.05, 0.1) is 32.1 Å². The minimum Gasteiger partial charge on any atom is -0.382 e. The summed E-state index contributed by atoms with van der Waals surface area (Å²) in [6.07, 6.45) is 3.88. The van der Waals surface area contributed by atoms with Crippen LogP contribution in [0.5, 0.6) is 0 Å². The lowest BCUT2D eigenvalue weighted by atomic mass is 10.1. The highest BCUT2D eigenvalue weighted by Gasteiger charge is 2.40. The third-order valence-corrected chi connectivity index (χ3v) is 6.76. The minimum absolute atomic E-state index is 0.138. The molecule has 0 amide bonds. The van der Waals surface area contributed by atoms with E-state index in [0.717, 1.165) is 23.5 Å². The zero-order chi connectivity index (χ0) is 22.8. The zero-order valence-electron chi connectivity index (χ0n) is 18.0. The van der Waals surface area contributed by atoms with Gasteiger partial charge in [0.15, 0.2) is 11.6 Å². The van der Waals surface area contributed by atoms with Crippen molar-refractivity contribution in [1.82, 2.24) is 15.0 Å².